The van der Waals surface area contributed by atoms with Crippen LogP contribution in [0.3, 0.4) is 0 Å². The molecule has 6 rings (SSSR count). The van der Waals surface area contributed by atoms with E-state index in [2.05, 4.69) is 23.5 Å². The molecule has 2 aromatic rings. The van der Waals surface area contributed by atoms with Gasteiger partial charge in [0.05, 0.1) is 35.3 Å². The first kappa shape index (κ1) is 21.3. The topological polar surface area (TPSA) is 99.5 Å². The third-order valence-electron chi connectivity index (χ3n) is 7.48. The molecule has 7 nitrogen and oxygen atoms in total. The lowest BCUT2D eigenvalue weighted by molar-refractivity contribution is -0.123. The van der Waals surface area contributed by atoms with Crippen molar-refractivity contribution in [2.24, 2.45) is 23.7 Å². The van der Waals surface area contributed by atoms with Crippen molar-refractivity contribution in [1.29, 1.82) is 5.26 Å². The second kappa shape index (κ2) is 7.36. The van der Waals surface area contributed by atoms with Gasteiger partial charge in [-0.05, 0) is 61.9 Å². The Hall–Kier alpha value is -3.28. The summed E-state index contributed by atoms with van der Waals surface area (Å²) in [6.45, 7) is 4.39. The zero-order chi connectivity index (χ0) is 23.8. The SMILES string of the molecule is CC1(C)Cc2c(sc(NC(=O)c3ccc(N4C(=O)[C@@H]5[C@@H](C4=O)[C@H]4C=C[C@H]5C4)cc3)c2C#N)CO1. The van der Waals surface area contributed by atoms with Crippen LogP contribution in [0.15, 0.2) is 36.4 Å². The molecule has 172 valence electrons. The lowest BCUT2D eigenvalue weighted by Crippen LogP contribution is -2.32. The standard InChI is InChI=1S/C26H23N3O4S/c1-26(2)10-17-18(11-27)23(34-19(17)12-33-26)28-22(30)13-5-7-16(8-6-13)29-24(31)20-14-3-4-15(9-14)21(20)25(29)32/h3-8,14-15,20-21H,9-10,12H2,1-2H3,(H,28,30)/t14-,15-,20-,21-/m0/s1. The fourth-order valence-electron chi connectivity index (χ4n) is 5.85. The second-order valence-electron chi connectivity index (χ2n) is 10.1. The van der Waals surface area contributed by atoms with E-state index >= 15 is 0 Å². The maximum absolute atomic E-state index is 13.0. The molecule has 4 aliphatic rings. The maximum Gasteiger partial charge on any atom is 0.256 e. The number of fused-ring (bicyclic) bond motifs is 6. The number of carbonyl (C=O) groups excluding carboxylic acids is 3. The Morgan fingerprint density at radius 1 is 1.15 bits per heavy atom. The molecule has 1 saturated heterocycles. The highest BCUT2D eigenvalue weighted by atomic mass is 32.1. The molecule has 2 aliphatic carbocycles. The number of rotatable bonds is 3. The molecule has 0 radical (unpaired) electrons. The maximum atomic E-state index is 13.0. The molecular weight excluding hydrogens is 450 g/mol. The summed E-state index contributed by atoms with van der Waals surface area (Å²) >= 11 is 1.37. The highest BCUT2D eigenvalue weighted by Crippen LogP contribution is 2.53. The summed E-state index contributed by atoms with van der Waals surface area (Å²) in [5.41, 5.74) is 1.95. The van der Waals surface area contributed by atoms with Crippen LogP contribution in [0.4, 0.5) is 10.7 Å². The van der Waals surface area contributed by atoms with Gasteiger partial charge in [0.25, 0.3) is 5.91 Å². The minimum atomic E-state index is -0.352. The molecule has 3 amide bonds. The summed E-state index contributed by atoms with van der Waals surface area (Å²) in [5.74, 6) is -0.830. The quantitative estimate of drug-likeness (QED) is 0.536. The van der Waals surface area contributed by atoms with Crippen LogP contribution in [-0.2, 0) is 27.4 Å². The predicted octanol–water partition coefficient (Wildman–Crippen LogP) is 4.03. The van der Waals surface area contributed by atoms with Crippen molar-refractivity contribution in [3.05, 3.63) is 58.0 Å². The number of allylic oxidation sites excluding steroid dienone is 2. The highest BCUT2D eigenvalue weighted by Gasteiger charge is 2.59. The van der Waals surface area contributed by atoms with Crippen LogP contribution < -0.4 is 10.2 Å². The van der Waals surface area contributed by atoms with Gasteiger partial charge in [-0.2, -0.15) is 5.26 Å². The van der Waals surface area contributed by atoms with Crippen molar-refractivity contribution < 1.29 is 19.1 Å². The fourth-order valence-corrected chi connectivity index (χ4v) is 6.93. The first-order chi connectivity index (χ1) is 16.3. The molecule has 0 unspecified atom stereocenters. The first-order valence-electron chi connectivity index (χ1n) is 11.4. The molecule has 4 atom stereocenters. The number of nitriles is 1. The van der Waals surface area contributed by atoms with Gasteiger partial charge in [-0.25, -0.2) is 0 Å². The summed E-state index contributed by atoms with van der Waals surface area (Å²) in [6.07, 6.45) is 5.64. The molecule has 34 heavy (non-hydrogen) atoms. The summed E-state index contributed by atoms with van der Waals surface area (Å²) in [5, 5.41) is 13.1. The van der Waals surface area contributed by atoms with Gasteiger partial charge in [0.2, 0.25) is 11.8 Å². The number of hydrogen-bond donors (Lipinski definition) is 1. The van der Waals surface area contributed by atoms with Crippen LogP contribution in [0, 0.1) is 35.0 Å². The van der Waals surface area contributed by atoms with E-state index in [-0.39, 0.29) is 47.0 Å². The molecule has 3 heterocycles. The molecule has 2 fully saturated rings. The summed E-state index contributed by atoms with van der Waals surface area (Å²) in [6, 6.07) is 8.74. The summed E-state index contributed by atoms with van der Waals surface area (Å²) in [7, 11) is 0. The molecule has 1 aromatic heterocycles. The Morgan fingerprint density at radius 2 is 1.79 bits per heavy atom. The van der Waals surface area contributed by atoms with Gasteiger partial charge in [-0.3, -0.25) is 19.3 Å². The van der Waals surface area contributed by atoms with Crippen LogP contribution in [0.1, 0.15) is 46.6 Å². The first-order valence-corrected chi connectivity index (χ1v) is 12.3. The van der Waals surface area contributed by atoms with Crippen LogP contribution in [0.5, 0.6) is 0 Å². The van der Waals surface area contributed by atoms with Crippen molar-refractivity contribution in [3.63, 3.8) is 0 Å². The molecule has 2 bridgehead atoms. The molecule has 0 spiro atoms. The van der Waals surface area contributed by atoms with E-state index in [1.807, 2.05) is 13.8 Å². The average molecular weight is 474 g/mol. The Labute approximate surface area is 201 Å². The number of anilines is 2. The van der Waals surface area contributed by atoms with E-state index in [1.165, 1.54) is 16.2 Å². The Bertz CT molecular complexity index is 1290. The molecule has 2 aliphatic heterocycles. The van der Waals surface area contributed by atoms with Crippen molar-refractivity contribution in [2.75, 3.05) is 10.2 Å². The smallest absolute Gasteiger partial charge is 0.256 e. The third kappa shape index (κ3) is 3.07. The predicted molar refractivity (Wildman–Crippen MR) is 126 cm³/mol. The van der Waals surface area contributed by atoms with Crippen molar-refractivity contribution in [3.8, 4) is 6.07 Å². The van der Waals surface area contributed by atoms with E-state index in [9.17, 15) is 19.6 Å². The van der Waals surface area contributed by atoms with Crippen molar-refractivity contribution in [1.82, 2.24) is 0 Å². The molecule has 8 heteroatoms. The summed E-state index contributed by atoms with van der Waals surface area (Å²) in [4.78, 5) is 41.2. The minimum Gasteiger partial charge on any atom is -0.370 e. The van der Waals surface area contributed by atoms with Gasteiger partial charge in [0.15, 0.2) is 0 Å². The number of nitrogens with zero attached hydrogens (tertiary/aromatic N) is 2. The van der Waals surface area contributed by atoms with Gasteiger partial charge in [0, 0.05) is 16.9 Å². The highest BCUT2D eigenvalue weighted by molar-refractivity contribution is 7.16. The summed E-state index contributed by atoms with van der Waals surface area (Å²) < 4.78 is 5.84. The normalized spacial score (nSPS) is 28.1. The fraction of sp³-hybridized carbons (Fsp3) is 0.385. The minimum absolute atomic E-state index is 0.142. The van der Waals surface area contributed by atoms with Gasteiger partial charge in [0.1, 0.15) is 11.1 Å². The monoisotopic (exact) mass is 473 g/mol. The molecule has 1 saturated carbocycles. The number of imide groups is 1. The second-order valence-corrected chi connectivity index (χ2v) is 11.2. The van der Waals surface area contributed by atoms with Crippen LogP contribution in [0.25, 0.3) is 0 Å². The van der Waals surface area contributed by atoms with E-state index in [0.717, 1.165) is 16.9 Å². The zero-order valence-electron chi connectivity index (χ0n) is 18.8. The molecule has 1 N–H and O–H groups in total. The van der Waals surface area contributed by atoms with E-state index < -0.39 is 0 Å². The Morgan fingerprint density at radius 3 is 2.41 bits per heavy atom. The average Bonchev–Trinajstić information content (AvgIpc) is 3.55. The van der Waals surface area contributed by atoms with Crippen LogP contribution >= 0.6 is 11.3 Å². The number of hydrogen-bond acceptors (Lipinski definition) is 6. The van der Waals surface area contributed by atoms with Crippen LogP contribution in [-0.4, -0.2) is 23.3 Å². The van der Waals surface area contributed by atoms with E-state index in [0.29, 0.717) is 34.8 Å². The molecular formula is C26H23N3O4S. The van der Waals surface area contributed by atoms with Gasteiger partial charge < -0.3 is 10.1 Å². The number of benzene rings is 1. The largest absolute Gasteiger partial charge is 0.370 e. The van der Waals surface area contributed by atoms with Gasteiger partial charge >= 0.3 is 0 Å². The number of amides is 3. The lowest BCUT2D eigenvalue weighted by atomic mass is 9.85. The number of carbonyl (C=O) groups is 3. The lowest BCUT2D eigenvalue weighted by Gasteiger charge is -2.29. The van der Waals surface area contributed by atoms with Crippen molar-refractivity contribution >= 4 is 39.7 Å². The third-order valence-corrected chi connectivity index (χ3v) is 8.61. The molecule has 1 aromatic carbocycles. The van der Waals surface area contributed by atoms with Gasteiger partial charge in [-0.1, -0.05) is 12.2 Å². The van der Waals surface area contributed by atoms with E-state index in [4.69, 9.17) is 4.74 Å². The number of thiophene rings is 1. The van der Waals surface area contributed by atoms with Gasteiger partial charge in [-0.15, -0.1) is 11.3 Å². The van der Waals surface area contributed by atoms with Crippen LogP contribution in [0.2, 0.25) is 0 Å². The van der Waals surface area contributed by atoms with Crippen molar-refractivity contribution in [2.45, 2.75) is 38.9 Å². The Balaban J connectivity index is 1.21. The number of ether oxygens (including phenoxy) is 1. The number of nitrogens with one attached hydrogen (secondary N) is 1. The zero-order valence-corrected chi connectivity index (χ0v) is 19.6. The van der Waals surface area contributed by atoms with E-state index in [1.54, 1.807) is 24.3 Å². The Kier molecular flexibility index (Phi) is 4.60.